The van der Waals surface area contributed by atoms with Crippen molar-refractivity contribution in [3.63, 3.8) is 0 Å². The van der Waals surface area contributed by atoms with Crippen molar-refractivity contribution in [2.24, 2.45) is 0 Å². The van der Waals surface area contributed by atoms with E-state index in [1.165, 1.54) is 30.6 Å². The minimum absolute atomic E-state index is 0.0643. The van der Waals surface area contributed by atoms with Crippen LogP contribution in [0.5, 0.6) is 11.5 Å². The van der Waals surface area contributed by atoms with Crippen molar-refractivity contribution in [3.8, 4) is 22.2 Å². The van der Waals surface area contributed by atoms with Crippen molar-refractivity contribution >= 4 is 17.2 Å². The number of aryl methyl sites for hydroxylation is 1. The molecular weight excluding hydrogens is 392 g/mol. The Balaban J connectivity index is 1.49. The predicted molar refractivity (Wildman–Crippen MR) is 97.4 cm³/mol. The van der Waals surface area contributed by atoms with Crippen LogP contribution in [0.3, 0.4) is 0 Å². The number of hydrogen-bond donors (Lipinski definition) is 1. The molecule has 1 N–H and O–H groups in total. The maximum absolute atomic E-state index is 12.3. The minimum atomic E-state index is -2.94. The minimum Gasteiger partial charge on any atom is -0.493 e. The van der Waals surface area contributed by atoms with Gasteiger partial charge >= 0.3 is 6.61 Å². The third kappa shape index (κ3) is 5.26. The van der Waals surface area contributed by atoms with Crippen molar-refractivity contribution in [3.05, 3.63) is 47.2 Å². The van der Waals surface area contributed by atoms with Gasteiger partial charge < -0.3 is 19.3 Å². The first-order valence-electron chi connectivity index (χ1n) is 8.30. The third-order valence-corrected chi connectivity index (χ3v) is 4.58. The number of nitrogens with one attached hydrogen (secondary N) is 1. The fourth-order valence-corrected chi connectivity index (χ4v) is 3.04. The lowest BCUT2D eigenvalue weighted by Gasteiger charge is -2.11. The monoisotopic (exact) mass is 409 g/mol. The number of aromatic nitrogens is 2. The van der Waals surface area contributed by atoms with Crippen LogP contribution in [0.4, 0.5) is 8.78 Å². The molecule has 0 unspecified atom stereocenters. The van der Waals surface area contributed by atoms with Crippen molar-refractivity contribution in [1.82, 2.24) is 15.5 Å². The summed E-state index contributed by atoms with van der Waals surface area (Å²) in [4.78, 5) is 17.2. The van der Waals surface area contributed by atoms with Gasteiger partial charge in [-0.05, 0) is 29.1 Å². The summed E-state index contributed by atoms with van der Waals surface area (Å²) in [6.07, 6.45) is 0.491. The fourth-order valence-electron chi connectivity index (χ4n) is 2.39. The van der Waals surface area contributed by atoms with E-state index in [4.69, 9.17) is 9.26 Å². The summed E-state index contributed by atoms with van der Waals surface area (Å²) in [5.74, 6) is 0.782. The molecule has 7 nitrogen and oxygen atoms in total. The van der Waals surface area contributed by atoms with Gasteiger partial charge in [0.1, 0.15) is 0 Å². The molecule has 0 aliphatic heterocycles. The Morgan fingerprint density at radius 1 is 1.32 bits per heavy atom. The number of hydrogen-bond acceptors (Lipinski definition) is 7. The van der Waals surface area contributed by atoms with E-state index in [0.29, 0.717) is 23.7 Å². The third-order valence-electron chi connectivity index (χ3n) is 3.71. The van der Waals surface area contributed by atoms with Crippen LogP contribution in [-0.4, -0.2) is 29.8 Å². The van der Waals surface area contributed by atoms with Gasteiger partial charge in [0.25, 0.3) is 0 Å². The molecule has 0 fully saturated rings. The van der Waals surface area contributed by atoms with E-state index in [9.17, 15) is 13.6 Å². The van der Waals surface area contributed by atoms with Crippen molar-refractivity contribution < 1.29 is 27.6 Å². The van der Waals surface area contributed by atoms with Gasteiger partial charge in [-0.3, -0.25) is 4.79 Å². The Bertz CT molecular complexity index is 915. The van der Waals surface area contributed by atoms with Crippen LogP contribution >= 0.6 is 11.3 Å². The van der Waals surface area contributed by atoms with Crippen molar-refractivity contribution in [2.45, 2.75) is 26.0 Å². The van der Waals surface area contributed by atoms with Crippen molar-refractivity contribution in [1.29, 1.82) is 0 Å². The number of amides is 1. The standard InChI is InChI=1S/C18H17F2N3O4S/c1-25-13-9-11(4-5-12(13)26-18(19)20)10-21-15(24)6-7-16-22-17(23-27-16)14-3-2-8-28-14/h2-5,8-9,18H,6-7,10H2,1H3,(H,21,24). The second kappa shape index (κ2) is 9.27. The van der Waals surface area contributed by atoms with Crippen LogP contribution in [0, 0.1) is 0 Å². The van der Waals surface area contributed by atoms with E-state index in [0.717, 1.165) is 4.88 Å². The summed E-state index contributed by atoms with van der Waals surface area (Å²) < 4.78 is 39.2. The van der Waals surface area contributed by atoms with Crippen LogP contribution in [-0.2, 0) is 17.8 Å². The SMILES string of the molecule is COc1cc(CNC(=O)CCc2nc(-c3cccs3)no2)ccc1OC(F)F. The Morgan fingerprint density at radius 3 is 2.89 bits per heavy atom. The van der Waals surface area contributed by atoms with E-state index in [2.05, 4.69) is 20.2 Å². The number of thiophene rings is 1. The van der Waals surface area contributed by atoms with Crippen LogP contribution in [0.25, 0.3) is 10.7 Å². The van der Waals surface area contributed by atoms with Crippen LogP contribution in [0.2, 0.25) is 0 Å². The summed E-state index contributed by atoms with van der Waals surface area (Å²) in [7, 11) is 1.35. The molecule has 0 radical (unpaired) electrons. The van der Waals surface area contributed by atoms with Crippen LogP contribution < -0.4 is 14.8 Å². The largest absolute Gasteiger partial charge is 0.493 e. The van der Waals surface area contributed by atoms with Crippen LogP contribution in [0.15, 0.2) is 40.2 Å². The summed E-state index contributed by atoms with van der Waals surface area (Å²) in [5.41, 5.74) is 0.685. The van der Waals surface area contributed by atoms with E-state index < -0.39 is 6.61 Å². The van der Waals surface area contributed by atoms with E-state index in [1.54, 1.807) is 6.07 Å². The molecule has 0 saturated heterocycles. The molecule has 3 aromatic rings. The molecule has 0 saturated carbocycles. The summed E-state index contributed by atoms with van der Waals surface area (Å²) in [6, 6.07) is 8.26. The van der Waals surface area contributed by atoms with E-state index in [1.807, 2.05) is 17.5 Å². The van der Waals surface area contributed by atoms with Gasteiger partial charge in [0, 0.05) is 19.4 Å². The molecule has 2 aromatic heterocycles. The molecule has 1 amide bonds. The van der Waals surface area contributed by atoms with Gasteiger partial charge in [0.2, 0.25) is 17.6 Å². The first-order chi connectivity index (χ1) is 13.5. The molecule has 3 rings (SSSR count). The Morgan fingerprint density at radius 2 is 2.18 bits per heavy atom. The highest BCUT2D eigenvalue weighted by Crippen LogP contribution is 2.29. The maximum atomic E-state index is 12.3. The average Bonchev–Trinajstić information content (AvgIpc) is 3.36. The van der Waals surface area contributed by atoms with Crippen molar-refractivity contribution in [2.75, 3.05) is 7.11 Å². The molecular formula is C18H17F2N3O4S. The zero-order valence-corrected chi connectivity index (χ0v) is 15.7. The molecule has 0 aliphatic carbocycles. The number of alkyl halides is 2. The smallest absolute Gasteiger partial charge is 0.387 e. The number of methoxy groups -OCH3 is 1. The van der Waals surface area contributed by atoms with Gasteiger partial charge in [-0.15, -0.1) is 11.3 Å². The molecule has 148 valence electrons. The lowest BCUT2D eigenvalue weighted by molar-refractivity contribution is -0.121. The van der Waals surface area contributed by atoms with Gasteiger partial charge in [0.05, 0.1) is 12.0 Å². The molecule has 1 aromatic carbocycles. The highest BCUT2D eigenvalue weighted by Gasteiger charge is 2.13. The number of rotatable bonds is 9. The first-order valence-corrected chi connectivity index (χ1v) is 9.18. The maximum Gasteiger partial charge on any atom is 0.387 e. The molecule has 0 atom stereocenters. The Kier molecular flexibility index (Phi) is 6.53. The van der Waals surface area contributed by atoms with E-state index in [-0.39, 0.29) is 30.4 Å². The van der Waals surface area contributed by atoms with E-state index >= 15 is 0 Å². The normalized spacial score (nSPS) is 10.9. The van der Waals surface area contributed by atoms with Gasteiger partial charge in [0.15, 0.2) is 11.5 Å². The van der Waals surface area contributed by atoms with Crippen LogP contribution in [0.1, 0.15) is 17.9 Å². The number of benzene rings is 1. The molecule has 2 heterocycles. The number of carbonyl (C=O) groups is 1. The van der Waals surface area contributed by atoms with Gasteiger partial charge in [-0.25, -0.2) is 0 Å². The highest BCUT2D eigenvalue weighted by atomic mass is 32.1. The lowest BCUT2D eigenvalue weighted by Crippen LogP contribution is -2.23. The number of carbonyl (C=O) groups excluding carboxylic acids is 1. The summed E-state index contributed by atoms with van der Waals surface area (Å²) in [5, 5.41) is 8.55. The second-order valence-corrected chi connectivity index (χ2v) is 6.58. The fraction of sp³-hybridized carbons (Fsp3) is 0.278. The number of ether oxygens (including phenoxy) is 2. The highest BCUT2D eigenvalue weighted by molar-refractivity contribution is 7.13. The molecule has 0 spiro atoms. The molecule has 0 aliphatic rings. The Hall–Kier alpha value is -3.01. The molecule has 10 heteroatoms. The number of nitrogens with zero attached hydrogens (tertiary/aromatic N) is 2. The van der Waals surface area contributed by atoms with Gasteiger partial charge in [-0.1, -0.05) is 17.3 Å². The zero-order chi connectivity index (χ0) is 19.9. The topological polar surface area (TPSA) is 86.5 Å². The van der Waals surface area contributed by atoms with Gasteiger partial charge in [-0.2, -0.15) is 13.8 Å². The average molecular weight is 409 g/mol. The lowest BCUT2D eigenvalue weighted by atomic mass is 10.2. The zero-order valence-electron chi connectivity index (χ0n) is 14.9. The quantitative estimate of drug-likeness (QED) is 0.581. The number of halogens is 2. The second-order valence-electron chi connectivity index (χ2n) is 5.63. The first kappa shape index (κ1) is 19.7. The molecule has 0 bridgehead atoms. The Labute approximate surface area is 163 Å². The summed E-state index contributed by atoms with van der Waals surface area (Å²) >= 11 is 1.50. The predicted octanol–water partition coefficient (Wildman–Crippen LogP) is 3.66. The molecule has 28 heavy (non-hydrogen) atoms. The summed E-state index contributed by atoms with van der Waals surface area (Å²) in [6.45, 7) is -2.72.